The predicted molar refractivity (Wildman–Crippen MR) is 203 cm³/mol. The van der Waals surface area contributed by atoms with Gasteiger partial charge < -0.3 is 33.9 Å². The molecule has 2 N–H and O–H groups in total. The maximum absolute atomic E-state index is 13.2. The summed E-state index contributed by atoms with van der Waals surface area (Å²) in [6.45, 7) is 9.13. The lowest BCUT2D eigenvalue weighted by Gasteiger charge is -2.40. The molecule has 0 aliphatic carbocycles. The minimum absolute atomic E-state index is 0.0165. The Morgan fingerprint density at radius 1 is 1.06 bits per heavy atom. The van der Waals surface area contributed by atoms with Crippen molar-refractivity contribution in [2.24, 2.45) is 0 Å². The summed E-state index contributed by atoms with van der Waals surface area (Å²) in [4.78, 5) is 15.0. The summed E-state index contributed by atoms with van der Waals surface area (Å²) in [6.07, 6.45) is 3.93. The average Bonchev–Trinajstić information content (AvgIpc) is 3.11. The summed E-state index contributed by atoms with van der Waals surface area (Å²) < 4.78 is 56.6. The third-order valence-corrected chi connectivity index (χ3v) is 9.95. The van der Waals surface area contributed by atoms with E-state index in [0.717, 1.165) is 65.9 Å². The van der Waals surface area contributed by atoms with Crippen molar-refractivity contribution >= 4 is 21.8 Å². The molecule has 52 heavy (non-hydrogen) atoms. The van der Waals surface area contributed by atoms with Crippen LogP contribution in [-0.2, 0) is 37.3 Å². The highest BCUT2D eigenvalue weighted by molar-refractivity contribution is 7.88. The smallest absolute Gasteiger partial charge is 0.410 e. The highest BCUT2D eigenvalue weighted by Gasteiger charge is 2.37. The number of rotatable bonds is 16. The molecule has 0 saturated carbocycles. The van der Waals surface area contributed by atoms with Crippen LogP contribution in [0.5, 0.6) is 11.5 Å². The number of aryl methyl sites for hydroxylation is 1. The normalized spacial score (nSPS) is 18.2. The molecule has 1 fully saturated rings. The number of anilines is 1. The number of carbonyl (C=O) groups is 1. The molecule has 1 unspecified atom stereocenters. The Hall–Kier alpha value is -3.84. The van der Waals surface area contributed by atoms with Gasteiger partial charge in [-0.2, -0.15) is 0 Å². The summed E-state index contributed by atoms with van der Waals surface area (Å²) in [5.41, 5.74) is 4.78. The first kappa shape index (κ1) is 39.4. The third kappa shape index (κ3) is 11.8. The van der Waals surface area contributed by atoms with Gasteiger partial charge in [0, 0.05) is 43.2 Å². The monoisotopic (exact) mass is 737 g/mol. The highest BCUT2D eigenvalue weighted by atomic mass is 32.2. The lowest BCUT2D eigenvalue weighted by Crippen LogP contribution is -2.48. The number of fused-ring (bicyclic) bond motifs is 1. The largest absolute Gasteiger partial charge is 0.496 e. The van der Waals surface area contributed by atoms with Crippen molar-refractivity contribution in [3.05, 3.63) is 89.0 Å². The van der Waals surface area contributed by atoms with E-state index >= 15 is 0 Å². The van der Waals surface area contributed by atoms with Crippen LogP contribution in [0.15, 0.2) is 66.7 Å². The lowest BCUT2D eigenvalue weighted by molar-refractivity contribution is -0.0670. The van der Waals surface area contributed by atoms with Crippen molar-refractivity contribution in [3.63, 3.8) is 0 Å². The van der Waals surface area contributed by atoms with Crippen LogP contribution in [-0.4, -0.2) is 83.9 Å². The highest BCUT2D eigenvalue weighted by Crippen LogP contribution is 2.37. The number of amides is 1. The summed E-state index contributed by atoms with van der Waals surface area (Å²) in [6, 6.07) is 22.3. The average molecular weight is 738 g/mol. The summed E-state index contributed by atoms with van der Waals surface area (Å²) in [5, 5.41) is 3.50. The number of piperidine rings is 1. The molecule has 1 amide bonds. The molecule has 3 aromatic rings. The number of sulfonamides is 1. The molecule has 0 aromatic heterocycles. The number of hydrogen-bond donors (Lipinski definition) is 2. The first-order chi connectivity index (χ1) is 24.9. The van der Waals surface area contributed by atoms with Crippen molar-refractivity contribution in [2.45, 2.75) is 83.2 Å². The molecule has 2 aliphatic rings. The fraction of sp³-hybridized carbons (Fsp3) is 0.525. The van der Waals surface area contributed by atoms with E-state index in [9.17, 15) is 13.2 Å². The first-order valence-electron chi connectivity index (χ1n) is 18.3. The van der Waals surface area contributed by atoms with Crippen molar-refractivity contribution in [1.29, 1.82) is 0 Å². The number of methoxy groups -OCH3 is 1. The number of hydrogen-bond acceptors (Lipinski definition) is 9. The molecule has 5 rings (SSSR count). The Kier molecular flexibility index (Phi) is 13.8. The Morgan fingerprint density at radius 3 is 2.60 bits per heavy atom. The molecule has 284 valence electrons. The molecule has 11 nitrogen and oxygen atoms in total. The number of carbonyl (C=O) groups excluding carboxylic acids is 1. The number of ether oxygens (including phenoxy) is 5. The number of likely N-dealkylation sites (tertiary alicyclic amines) is 1. The molecule has 12 heteroatoms. The van der Waals surface area contributed by atoms with E-state index in [1.54, 1.807) is 12.0 Å². The van der Waals surface area contributed by atoms with E-state index in [1.165, 1.54) is 5.56 Å². The van der Waals surface area contributed by atoms with Crippen LogP contribution in [0.25, 0.3) is 0 Å². The van der Waals surface area contributed by atoms with Crippen LogP contribution >= 0.6 is 0 Å². The fourth-order valence-electron chi connectivity index (χ4n) is 6.67. The maximum atomic E-state index is 13.2. The van der Waals surface area contributed by atoms with Crippen LogP contribution in [0.3, 0.4) is 0 Å². The summed E-state index contributed by atoms with van der Waals surface area (Å²) in [5.74, 6) is 1.57. The van der Waals surface area contributed by atoms with Gasteiger partial charge in [-0.1, -0.05) is 42.5 Å². The van der Waals surface area contributed by atoms with E-state index in [2.05, 4.69) is 40.4 Å². The van der Waals surface area contributed by atoms with Crippen LogP contribution in [0.1, 0.15) is 80.7 Å². The predicted octanol–water partition coefficient (Wildman–Crippen LogP) is 6.83. The van der Waals surface area contributed by atoms with Gasteiger partial charge >= 0.3 is 6.09 Å². The van der Waals surface area contributed by atoms with E-state index < -0.39 is 21.7 Å². The summed E-state index contributed by atoms with van der Waals surface area (Å²) >= 11 is 0. The second-order valence-electron chi connectivity index (χ2n) is 14.5. The topological polar surface area (TPSA) is 125 Å². The van der Waals surface area contributed by atoms with Gasteiger partial charge in [-0.05, 0) is 87.4 Å². The first-order valence-corrected chi connectivity index (χ1v) is 20.1. The van der Waals surface area contributed by atoms with Gasteiger partial charge in [0.25, 0.3) is 0 Å². The number of para-hydroxylation sites is 1. The zero-order chi connectivity index (χ0) is 37.1. The molecule has 1 saturated heterocycles. The Balaban J connectivity index is 1.27. The van der Waals surface area contributed by atoms with Crippen molar-refractivity contribution in [2.75, 3.05) is 58.1 Å². The molecule has 2 heterocycles. The number of benzene rings is 3. The SMILES string of the molecule is COc1ccccc1COCCCOc1ccc([C@H]2CCN(C(=O)OC(C)(C)C)C[C@@H]2OC(CCNS(C)(=O)=O)c2ccc3c(c2)NCCC3)cc1. The van der Waals surface area contributed by atoms with Gasteiger partial charge in [0.2, 0.25) is 10.0 Å². The molecule has 3 aromatic carbocycles. The van der Waals surface area contributed by atoms with Crippen LogP contribution in [0.4, 0.5) is 10.5 Å². The Bertz CT molecular complexity index is 1710. The van der Waals surface area contributed by atoms with Crippen molar-refractivity contribution < 1.29 is 36.9 Å². The van der Waals surface area contributed by atoms with Gasteiger partial charge in [0.1, 0.15) is 17.1 Å². The molecule has 0 bridgehead atoms. The fourth-order valence-corrected chi connectivity index (χ4v) is 7.16. The van der Waals surface area contributed by atoms with Gasteiger partial charge in [0.15, 0.2) is 0 Å². The zero-order valence-corrected chi connectivity index (χ0v) is 32.0. The van der Waals surface area contributed by atoms with Crippen molar-refractivity contribution in [1.82, 2.24) is 9.62 Å². The summed E-state index contributed by atoms with van der Waals surface area (Å²) in [7, 11) is -1.72. The van der Waals surface area contributed by atoms with E-state index in [-0.39, 0.29) is 24.7 Å². The standard InChI is InChI=1S/C40H55N3O8S/c1-40(2,3)51-39(44)43-23-20-34(29-15-17-33(18-16-29)49-25-9-24-48-28-32-10-6-7-12-36(32)47-4)38(27-43)50-37(19-22-42-52(5,45)46)31-14-13-30-11-8-21-41-35(30)26-31/h6-7,10,12-18,26,34,37-38,41-42H,8-9,11,19-25,27-28H2,1-5H3/t34-,37?,38+/m1/s1. The quantitative estimate of drug-likeness (QED) is 0.152. The Labute approximate surface area is 309 Å². The second-order valence-corrected chi connectivity index (χ2v) is 16.4. The van der Waals surface area contributed by atoms with E-state index in [4.69, 9.17) is 23.7 Å². The number of nitrogens with one attached hydrogen (secondary N) is 2. The zero-order valence-electron chi connectivity index (χ0n) is 31.2. The molecule has 0 spiro atoms. The maximum Gasteiger partial charge on any atom is 0.410 e. The second kappa shape index (κ2) is 18.3. The van der Waals surface area contributed by atoms with Gasteiger partial charge in [-0.25, -0.2) is 17.9 Å². The minimum Gasteiger partial charge on any atom is -0.496 e. The van der Waals surface area contributed by atoms with Crippen LogP contribution < -0.4 is 19.5 Å². The molecular formula is C40H55N3O8S. The number of nitrogens with zero attached hydrogens (tertiary/aromatic N) is 1. The molecule has 2 aliphatic heterocycles. The molecular weight excluding hydrogens is 683 g/mol. The lowest BCUT2D eigenvalue weighted by atomic mass is 9.86. The third-order valence-electron chi connectivity index (χ3n) is 9.22. The van der Waals surface area contributed by atoms with Crippen LogP contribution in [0.2, 0.25) is 0 Å². The van der Waals surface area contributed by atoms with Crippen molar-refractivity contribution in [3.8, 4) is 11.5 Å². The van der Waals surface area contributed by atoms with E-state index in [1.807, 2.05) is 57.2 Å². The van der Waals surface area contributed by atoms with E-state index in [0.29, 0.717) is 45.8 Å². The van der Waals surface area contributed by atoms with Gasteiger partial charge in [-0.3, -0.25) is 0 Å². The van der Waals surface area contributed by atoms with Crippen LogP contribution in [0, 0.1) is 0 Å². The van der Waals surface area contributed by atoms with Gasteiger partial charge in [-0.15, -0.1) is 0 Å². The molecule has 3 atom stereocenters. The Morgan fingerprint density at radius 2 is 1.85 bits per heavy atom. The molecule has 0 radical (unpaired) electrons. The van der Waals surface area contributed by atoms with Gasteiger partial charge in [0.05, 0.1) is 51.9 Å². The minimum atomic E-state index is -3.38.